The standard InChI is InChI=1S/C32H31N3O2/c1-23(25-12-6-3-7-13-25)35-32(36)31(20-26-21-33-30-15-9-8-14-29(26)30)34-22-28-19-18-27(37-28)17-16-24-10-4-2-5-11-24/h2-19,21,23,31,33-34H,20,22H2,1H3,(H,35,36)/b17-16+. The zero-order valence-corrected chi connectivity index (χ0v) is 20.9. The van der Waals surface area contributed by atoms with Crippen LogP contribution in [0.2, 0.25) is 0 Å². The average molecular weight is 490 g/mol. The summed E-state index contributed by atoms with van der Waals surface area (Å²) in [5, 5.41) is 7.75. The van der Waals surface area contributed by atoms with Gasteiger partial charge in [0.2, 0.25) is 5.91 Å². The van der Waals surface area contributed by atoms with Gasteiger partial charge in [0.15, 0.2) is 0 Å². The van der Waals surface area contributed by atoms with E-state index in [-0.39, 0.29) is 11.9 Å². The summed E-state index contributed by atoms with van der Waals surface area (Å²) in [6.45, 7) is 2.45. The number of H-pyrrole nitrogens is 1. The molecule has 2 unspecified atom stereocenters. The molecule has 186 valence electrons. The lowest BCUT2D eigenvalue weighted by Gasteiger charge is -2.21. The largest absolute Gasteiger partial charge is 0.460 e. The van der Waals surface area contributed by atoms with Crippen molar-refractivity contribution in [2.24, 2.45) is 0 Å². The van der Waals surface area contributed by atoms with Crippen LogP contribution in [0.15, 0.2) is 108 Å². The first-order chi connectivity index (χ1) is 18.2. The Morgan fingerprint density at radius 1 is 0.892 bits per heavy atom. The third-order valence-corrected chi connectivity index (χ3v) is 6.52. The molecule has 0 aliphatic rings. The molecule has 2 aromatic heterocycles. The molecule has 5 aromatic rings. The van der Waals surface area contributed by atoms with Crippen molar-refractivity contribution < 1.29 is 9.21 Å². The maximum absolute atomic E-state index is 13.4. The van der Waals surface area contributed by atoms with Gasteiger partial charge in [-0.2, -0.15) is 0 Å². The van der Waals surface area contributed by atoms with Crippen molar-refractivity contribution in [3.05, 3.63) is 131 Å². The van der Waals surface area contributed by atoms with Crippen LogP contribution < -0.4 is 10.6 Å². The molecule has 0 radical (unpaired) electrons. The molecule has 1 amide bonds. The van der Waals surface area contributed by atoms with Crippen LogP contribution in [0.1, 0.15) is 41.2 Å². The number of fused-ring (bicyclic) bond motifs is 1. The number of hydrogen-bond acceptors (Lipinski definition) is 3. The topological polar surface area (TPSA) is 70.1 Å². The second-order valence-corrected chi connectivity index (χ2v) is 9.19. The van der Waals surface area contributed by atoms with E-state index in [1.807, 2.05) is 116 Å². The normalized spacial score (nSPS) is 13.1. The van der Waals surface area contributed by atoms with Crippen molar-refractivity contribution in [2.75, 3.05) is 0 Å². The van der Waals surface area contributed by atoms with Crippen molar-refractivity contribution in [1.82, 2.24) is 15.6 Å². The van der Waals surface area contributed by atoms with Crippen molar-refractivity contribution in [1.29, 1.82) is 0 Å². The molecule has 3 N–H and O–H groups in total. The molecule has 2 atom stereocenters. The minimum Gasteiger partial charge on any atom is -0.460 e. The highest BCUT2D eigenvalue weighted by Crippen LogP contribution is 2.20. The Morgan fingerprint density at radius 2 is 1.62 bits per heavy atom. The Balaban J connectivity index is 1.29. The monoisotopic (exact) mass is 489 g/mol. The number of aromatic amines is 1. The Labute approximate surface area is 217 Å². The van der Waals surface area contributed by atoms with Gasteiger partial charge in [0.25, 0.3) is 0 Å². The Morgan fingerprint density at radius 3 is 2.43 bits per heavy atom. The number of amides is 1. The molecule has 5 heteroatoms. The highest BCUT2D eigenvalue weighted by atomic mass is 16.3. The number of carbonyl (C=O) groups excluding carboxylic acids is 1. The lowest BCUT2D eigenvalue weighted by atomic mass is 10.0. The van der Waals surface area contributed by atoms with Gasteiger partial charge in [-0.25, -0.2) is 0 Å². The Kier molecular flexibility index (Phi) is 7.63. The van der Waals surface area contributed by atoms with Crippen molar-refractivity contribution in [2.45, 2.75) is 32.0 Å². The van der Waals surface area contributed by atoms with E-state index in [0.29, 0.717) is 13.0 Å². The van der Waals surface area contributed by atoms with Crippen molar-refractivity contribution >= 4 is 29.0 Å². The minimum absolute atomic E-state index is 0.0441. The van der Waals surface area contributed by atoms with Crippen LogP contribution in [0, 0.1) is 0 Å². The van der Waals surface area contributed by atoms with Crippen LogP contribution in [-0.2, 0) is 17.8 Å². The Bertz CT molecular complexity index is 1470. The second kappa shape index (κ2) is 11.6. The third kappa shape index (κ3) is 6.26. The summed E-state index contributed by atoms with van der Waals surface area (Å²) in [4.78, 5) is 16.8. The molecule has 5 nitrogen and oxygen atoms in total. The highest BCUT2D eigenvalue weighted by molar-refractivity contribution is 5.86. The van der Waals surface area contributed by atoms with E-state index in [0.717, 1.165) is 39.1 Å². The van der Waals surface area contributed by atoms with Gasteiger partial charge < -0.3 is 14.7 Å². The maximum atomic E-state index is 13.4. The molecule has 0 saturated heterocycles. The van der Waals surface area contributed by atoms with E-state index in [2.05, 4.69) is 21.7 Å². The van der Waals surface area contributed by atoms with Crippen LogP contribution in [-0.4, -0.2) is 16.9 Å². The number of hydrogen-bond donors (Lipinski definition) is 3. The lowest BCUT2D eigenvalue weighted by molar-refractivity contribution is -0.123. The van der Waals surface area contributed by atoms with Crippen molar-refractivity contribution in [3.63, 3.8) is 0 Å². The predicted molar refractivity (Wildman–Crippen MR) is 150 cm³/mol. The fraction of sp³-hybridized carbons (Fsp3) is 0.156. The van der Waals surface area contributed by atoms with Gasteiger partial charge in [-0.1, -0.05) is 84.9 Å². The van der Waals surface area contributed by atoms with E-state index in [1.165, 1.54) is 0 Å². The summed E-state index contributed by atoms with van der Waals surface area (Å²) in [7, 11) is 0. The van der Waals surface area contributed by atoms with Crippen molar-refractivity contribution in [3.8, 4) is 0 Å². The quantitative estimate of drug-likeness (QED) is 0.209. The Hall–Kier alpha value is -4.35. The number of carbonyl (C=O) groups is 1. The third-order valence-electron chi connectivity index (χ3n) is 6.52. The molecule has 0 bridgehead atoms. The fourth-order valence-corrected chi connectivity index (χ4v) is 4.46. The van der Waals surface area contributed by atoms with Gasteiger partial charge in [-0.3, -0.25) is 10.1 Å². The maximum Gasteiger partial charge on any atom is 0.237 e. The van der Waals surface area contributed by atoms with Gasteiger partial charge in [0, 0.05) is 17.1 Å². The molecule has 0 spiro atoms. The second-order valence-electron chi connectivity index (χ2n) is 9.19. The van der Waals surface area contributed by atoms with E-state index in [4.69, 9.17) is 4.42 Å². The van der Waals surface area contributed by atoms with E-state index in [1.54, 1.807) is 0 Å². The van der Waals surface area contributed by atoms with Crippen LogP contribution >= 0.6 is 0 Å². The smallest absolute Gasteiger partial charge is 0.237 e. The van der Waals surface area contributed by atoms with Gasteiger partial charge in [-0.05, 0) is 54.3 Å². The molecular formula is C32H31N3O2. The van der Waals surface area contributed by atoms with Crippen LogP contribution in [0.5, 0.6) is 0 Å². The summed E-state index contributed by atoms with van der Waals surface area (Å²) in [5.74, 6) is 1.51. The molecule has 5 rings (SSSR count). The average Bonchev–Trinajstić information content (AvgIpc) is 3.57. The molecule has 37 heavy (non-hydrogen) atoms. The first kappa shape index (κ1) is 24.3. The number of furan rings is 1. The van der Waals surface area contributed by atoms with E-state index < -0.39 is 6.04 Å². The summed E-state index contributed by atoms with van der Waals surface area (Å²) >= 11 is 0. The van der Waals surface area contributed by atoms with Gasteiger partial charge in [0.05, 0.1) is 18.6 Å². The number of benzene rings is 3. The number of para-hydroxylation sites is 1. The van der Waals surface area contributed by atoms with E-state index in [9.17, 15) is 4.79 Å². The fourth-order valence-electron chi connectivity index (χ4n) is 4.46. The first-order valence-electron chi connectivity index (χ1n) is 12.6. The molecule has 3 aromatic carbocycles. The summed E-state index contributed by atoms with van der Waals surface area (Å²) in [5.41, 5.74) is 4.35. The van der Waals surface area contributed by atoms with Gasteiger partial charge >= 0.3 is 0 Å². The van der Waals surface area contributed by atoms with Gasteiger partial charge in [0.1, 0.15) is 11.5 Å². The minimum atomic E-state index is -0.432. The molecular weight excluding hydrogens is 458 g/mol. The van der Waals surface area contributed by atoms with E-state index >= 15 is 0 Å². The van der Waals surface area contributed by atoms with Crippen LogP contribution in [0.25, 0.3) is 23.1 Å². The molecule has 2 heterocycles. The van der Waals surface area contributed by atoms with Crippen LogP contribution in [0.4, 0.5) is 0 Å². The summed E-state index contributed by atoms with van der Waals surface area (Å²) in [6, 6.07) is 31.6. The lowest BCUT2D eigenvalue weighted by Crippen LogP contribution is -2.46. The zero-order chi connectivity index (χ0) is 25.5. The molecule has 0 aliphatic heterocycles. The molecule has 0 aliphatic carbocycles. The predicted octanol–water partition coefficient (Wildman–Crippen LogP) is 6.51. The number of nitrogens with one attached hydrogen (secondary N) is 3. The summed E-state index contributed by atoms with van der Waals surface area (Å²) in [6.07, 6.45) is 6.52. The van der Waals surface area contributed by atoms with Crippen LogP contribution in [0.3, 0.4) is 0 Å². The van der Waals surface area contributed by atoms with Gasteiger partial charge in [-0.15, -0.1) is 0 Å². The number of aromatic nitrogens is 1. The molecule has 0 fully saturated rings. The molecule has 0 saturated carbocycles. The number of rotatable bonds is 10. The highest BCUT2D eigenvalue weighted by Gasteiger charge is 2.22. The summed E-state index contributed by atoms with van der Waals surface area (Å²) < 4.78 is 6.00. The first-order valence-corrected chi connectivity index (χ1v) is 12.6. The SMILES string of the molecule is CC(NC(=O)C(Cc1c[nH]c2ccccc12)NCc1ccc(/C=C/c2ccccc2)o1)c1ccccc1. The zero-order valence-electron chi connectivity index (χ0n) is 20.9.